The fraction of sp³-hybridized carbons (Fsp3) is 0.412. The van der Waals surface area contributed by atoms with Gasteiger partial charge in [-0.2, -0.15) is 0 Å². The van der Waals surface area contributed by atoms with Gasteiger partial charge in [0.05, 0.1) is 5.56 Å². The summed E-state index contributed by atoms with van der Waals surface area (Å²) >= 11 is 0. The molecule has 5 nitrogen and oxygen atoms in total. The van der Waals surface area contributed by atoms with Crippen LogP contribution in [-0.2, 0) is 37.1 Å². The first-order chi connectivity index (χ1) is 19.1. The third-order valence-corrected chi connectivity index (χ3v) is 8.34. The highest BCUT2D eigenvalue weighted by Crippen LogP contribution is 2.37. The number of benzene rings is 3. The van der Waals surface area contributed by atoms with Crippen LogP contribution in [-0.4, -0.2) is 35.4 Å². The smallest absolute Gasteiger partial charge is 0.335 e. The molecule has 0 fully saturated rings. The number of hydrogen-bond acceptors (Lipinski definition) is 4. The fourth-order valence-electron chi connectivity index (χ4n) is 6.23. The van der Waals surface area contributed by atoms with Gasteiger partial charge in [0.1, 0.15) is 18.6 Å². The number of nitrogens with zero attached hydrogens (tertiary/aromatic N) is 1. The molecule has 0 saturated carbocycles. The summed E-state index contributed by atoms with van der Waals surface area (Å²) in [7, 11) is 0. The lowest BCUT2D eigenvalue weighted by molar-refractivity contribution is -0.107. The Bertz CT molecular complexity index is 1300. The maximum Gasteiger partial charge on any atom is 0.335 e. The predicted octanol–water partition coefficient (Wildman–Crippen LogP) is 6.74. The van der Waals surface area contributed by atoms with Crippen LogP contribution >= 0.6 is 0 Å². The average Bonchev–Trinajstić information content (AvgIpc) is 3.39. The Balaban J connectivity index is 1.27. The van der Waals surface area contributed by atoms with Crippen molar-refractivity contribution in [3.8, 4) is 5.75 Å². The van der Waals surface area contributed by atoms with Crippen molar-refractivity contribution in [3.63, 3.8) is 0 Å². The summed E-state index contributed by atoms with van der Waals surface area (Å²) in [5, 5.41) is 9.41. The van der Waals surface area contributed by atoms with Crippen molar-refractivity contribution in [2.75, 3.05) is 13.1 Å². The van der Waals surface area contributed by atoms with Gasteiger partial charge in [-0.15, -0.1) is 0 Å². The molecule has 3 aromatic rings. The summed E-state index contributed by atoms with van der Waals surface area (Å²) in [5.41, 5.74) is 8.15. The number of ether oxygens (including phenoxy) is 1. The van der Waals surface area contributed by atoms with Crippen molar-refractivity contribution in [1.82, 2.24) is 4.90 Å². The Hall–Kier alpha value is -3.44. The molecule has 5 rings (SSSR count). The highest BCUT2D eigenvalue weighted by atomic mass is 16.5. The van der Waals surface area contributed by atoms with E-state index in [1.54, 1.807) is 6.07 Å². The van der Waals surface area contributed by atoms with Crippen molar-refractivity contribution in [3.05, 3.63) is 99.6 Å². The number of carbonyl (C=O) groups is 2. The van der Waals surface area contributed by atoms with Crippen molar-refractivity contribution in [1.29, 1.82) is 0 Å². The number of unbranched alkanes of at least 4 members (excludes halogenated alkanes) is 2. The van der Waals surface area contributed by atoms with Gasteiger partial charge in [0.25, 0.3) is 0 Å². The highest BCUT2D eigenvalue weighted by Gasteiger charge is 2.28. The van der Waals surface area contributed by atoms with E-state index in [-0.39, 0.29) is 6.04 Å². The third-order valence-electron chi connectivity index (χ3n) is 8.34. The molecule has 39 heavy (non-hydrogen) atoms. The van der Waals surface area contributed by atoms with E-state index < -0.39 is 5.97 Å². The molecule has 0 aromatic heterocycles. The molecule has 0 radical (unpaired) electrons. The molecule has 0 amide bonds. The summed E-state index contributed by atoms with van der Waals surface area (Å²) in [4.78, 5) is 24.9. The first-order valence-corrected chi connectivity index (χ1v) is 14.5. The van der Waals surface area contributed by atoms with Gasteiger partial charge < -0.3 is 14.6 Å². The second-order valence-electron chi connectivity index (χ2n) is 10.9. The highest BCUT2D eigenvalue weighted by molar-refractivity contribution is 5.88. The zero-order valence-corrected chi connectivity index (χ0v) is 22.7. The molecule has 1 N–H and O–H groups in total. The zero-order chi connectivity index (χ0) is 27.0. The SMILES string of the molecule is O=CCCCCN(CCc1ccccc1OCc1ccc2c(c1)CCCC2)C1CCc2cc(C(=O)O)ccc21. The number of carbonyl (C=O) groups excluding carboxylic acids is 1. The molecular weight excluding hydrogens is 486 g/mol. The molecule has 204 valence electrons. The van der Waals surface area contributed by atoms with Crippen LogP contribution in [0.15, 0.2) is 60.7 Å². The second-order valence-corrected chi connectivity index (χ2v) is 10.9. The first-order valence-electron chi connectivity index (χ1n) is 14.5. The van der Waals surface area contributed by atoms with Gasteiger partial charge in [0, 0.05) is 19.0 Å². The first kappa shape index (κ1) is 27.1. The van der Waals surface area contributed by atoms with Gasteiger partial charge in [-0.25, -0.2) is 4.79 Å². The number of carboxylic acid groups (broad SMARTS) is 1. The topological polar surface area (TPSA) is 66.8 Å². The molecule has 2 aliphatic rings. The summed E-state index contributed by atoms with van der Waals surface area (Å²) in [6.45, 7) is 2.36. The normalized spacial score (nSPS) is 16.1. The number of aldehydes is 1. The number of para-hydroxylation sites is 1. The number of carboxylic acids is 1. The van der Waals surface area contributed by atoms with Crippen LogP contribution in [0.3, 0.4) is 0 Å². The summed E-state index contributed by atoms with van der Waals surface area (Å²) in [6, 6.07) is 21.0. The minimum Gasteiger partial charge on any atom is -0.489 e. The van der Waals surface area contributed by atoms with Crippen LogP contribution in [0, 0.1) is 0 Å². The van der Waals surface area contributed by atoms with E-state index in [4.69, 9.17) is 4.74 Å². The Morgan fingerprint density at radius 3 is 2.62 bits per heavy atom. The quantitative estimate of drug-likeness (QED) is 0.198. The molecule has 1 atom stereocenters. The van der Waals surface area contributed by atoms with Gasteiger partial charge in [-0.05, 0) is 116 Å². The minimum absolute atomic E-state index is 0.266. The number of fused-ring (bicyclic) bond motifs is 2. The van der Waals surface area contributed by atoms with Crippen LogP contribution in [0.25, 0.3) is 0 Å². The Kier molecular flexibility index (Phi) is 9.10. The fourth-order valence-corrected chi connectivity index (χ4v) is 6.23. The maximum absolute atomic E-state index is 11.5. The van der Waals surface area contributed by atoms with Crippen molar-refractivity contribution in [2.24, 2.45) is 0 Å². The molecular formula is C34H39NO4. The molecule has 0 bridgehead atoms. The Morgan fingerprint density at radius 1 is 0.923 bits per heavy atom. The van der Waals surface area contributed by atoms with Gasteiger partial charge in [-0.3, -0.25) is 4.90 Å². The van der Waals surface area contributed by atoms with E-state index in [2.05, 4.69) is 41.3 Å². The molecule has 0 saturated heterocycles. The molecule has 0 spiro atoms. The van der Waals surface area contributed by atoms with Crippen LogP contribution in [0.2, 0.25) is 0 Å². The van der Waals surface area contributed by atoms with E-state index in [9.17, 15) is 14.7 Å². The number of hydrogen-bond donors (Lipinski definition) is 1. The van der Waals surface area contributed by atoms with Crippen molar-refractivity contribution >= 4 is 12.3 Å². The molecule has 2 aliphatic carbocycles. The molecule has 3 aromatic carbocycles. The Labute approximate surface area is 231 Å². The minimum atomic E-state index is -0.876. The predicted molar refractivity (Wildman–Crippen MR) is 154 cm³/mol. The lowest BCUT2D eigenvalue weighted by Crippen LogP contribution is -2.31. The van der Waals surface area contributed by atoms with Crippen LogP contribution in [0.1, 0.15) is 88.3 Å². The van der Waals surface area contributed by atoms with E-state index >= 15 is 0 Å². The molecule has 5 heteroatoms. The van der Waals surface area contributed by atoms with E-state index in [1.807, 2.05) is 18.2 Å². The van der Waals surface area contributed by atoms with Gasteiger partial charge >= 0.3 is 5.97 Å². The number of aryl methyl sites for hydroxylation is 3. The Morgan fingerprint density at radius 2 is 1.77 bits per heavy atom. The molecule has 0 aliphatic heterocycles. The average molecular weight is 526 g/mol. The summed E-state index contributed by atoms with van der Waals surface area (Å²) < 4.78 is 6.36. The second kappa shape index (κ2) is 13.1. The number of aromatic carboxylic acids is 1. The third kappa shape index (κ3) is 6.77. The van der Waals surface area contributed by atoms with Gasteiger partial charge in [-0.1, -0.05) is 42.5 Å². The van der Waals surface area contributed by atoms with E-state index in [1.165, 1.54) is 53.5 Å². The maximum atomic E-state index is 11.5. The molecule has 0 heterocycles. The van der Waals surface area contributed by atoms with Gasteiger partial charge in [0.2, 0.25) is 0 Å². The van der Waals surface area contributed by atoms with Crippen LogP contribution < -0.4 is 4.74 Å². The molecule has 1 unspecified atom stereocenters. The van der Waals surface area contributed by atoms with Crippen molar-refractivity contribution in [2.45, 2.75) is 76.9 Å². The lowest BCUT2D eigenvalue weighted by Gasteiger charge is -2.30. The van der Waals surface area contributed by atoms with E-state index in [0.717, 1.165) is 62.8 Å². The van der Waals surface area contributed by atoms with Crippen LogP contribution in [0.5, 0.6) is 5.75 Å². The lowest BCUT2D eigenvalue weighted by atomic mass is 9.90. The number of rotatable bonds is 13. The largest absolute Gasteiger partial charge is 0.489 e. The standard InChI is InChI=1S/C34H39NO4/c36-21-7-1-6-19-35(32-17-15-29-23-30(34(37)38)14-16-31(29)32)20-18-27-9-4-5-11-33(27)39-24-25-12-13-26-8-2-3-10-28(26)22-25/h4-5,9,11-14,16,21-23,32H,1-3,6-8,10,15,17-20,24H2,(H,37,38). The monoisotopic (exact) mass is 525 g/mol. The van der Waals surface area contributed by atoms with E-state index in [0.29, 0.717) is 18.6 Å². The summed E-state index contributed by atoms with van der Waals surface area (Å²) in [6.07, 6.45) is 11.1. The van der Waals surface area contributed by atoms with Crippen LogP contribution in [0.4, 0.5) is 0 Å². The zero-order valence-electron chi connectivity index (χ0n) is 22.7. The van der Waals surface area contributed by atoms with Gasteiger partial charge in [0.15, 0.2) is 0 Å². The summed E-state index contributed by atoms with van der Waals surface area (Å²) in [5.74, 6) is 0.0630. The van der Waals surface area contributed by atoms with Crippen molar-refractivity contribution < 1.29 is 19.4 Å².